The van der Waals surface area contributed by atoms with Gasteiger partial charge in [-0.15, -0.1) is 0 Å². The average molecular weight is 368 g/mol. The lowest BCUT2D eigenvalue weighted by atomic mass is 10.2. The molecule has 1 aliphatic rings. The zero-order valence-electron chi connectivity index (χ0n) is 14.3. The van der Waals surface area contributed by atoms with Gasteiger partial charge in [-0.3, -0.25) is 9.71 Å². The minimum Gasteiger partial charge on any atom is -0.490 e. The molecule has 1 fully saturated rings. The number of hydrogen-bond acceptors (Lipinski definition) is 4. The van der Waals surface area contributed by atoms with E-state index in [1.165, 1.54) is 12.8 Å². The smallest absolute Gasteiger partial charge is 0.261 e. The molecule has 5 nitrogen and oxygen atoms in total. The third kappa shape index (κ3) is 3.51. The van der Waals surface area contributed by atoms with Crippen molar-refractivity contribution in [2.24, 2.45) is 0 Å². The zero-order chi connectivity index (χ0) is 18.0. The Kier molecular flexibility index (Phi) is 4.51. The monoisotopic (exact) mass is 368 g/mol. The maximum Gasteiger partial charge on any atom is 0.261 e. The lowest BCUT2D eigenvalue weighted by molar-refractivity contribution is 0.210. The highest BCUT2D eigenvalue weighted by Gasteiger charge is 2.18. The largest absolute Gasteiger partial charge is 0.490 e. The molecule has 1 aromatic heterocycles. The van der Waals surface area contributed by atoms with E-state index in [0.717, 1.165) is 18.2 Å². The van der Waals surface area contributed by atoms with Crippen molar-refractivity contribution in [1.29, 1.82) is 0 Å². The van der Waals surface area contributed by atoms with Crippen molar-refractivity contribution < 1.29 is 13.2 Å². The average Bonchev–Trinajstić information content (AvgIpc) is 3.15. The summed E-state index contributed by atoms with van der Waals surface area (Å²) in [6.07, 6.45) is 6.42. The van der Waals surface area contributed by atoms with Gasteiger partial charge in [0.25, 0.3) is 10.0 Å². The molecular formula is C20H20N2O3S. The van der Waals surface area contributed by atoms with Crippen molar-refractivity contribution >= 4 is 26.6 Å². The van der Waals surface area contributed by atoms with Crippen LogP contribution in [0.2, 0.25) is 0 Å². The molecule has 1 heterocycles. The van der Waals surface area contributed by atoms with E-state index in [4.69, 9.17) is 4.74 Å². The molecule has 0 atom stereocenters. The van der Waals surface area contributed by atoms with Crippen LogP contribution in [0.5, 0.6) is 5.75 Å². The van der Waals surface area contributed by atoms with Gasteiger partial charge >= 0.3 is 0 Å². The van der Waals surface area contributed by atoms with Crippen LogP contribution in [0.1, 0.15) is 25.7 Å². The molecule has 6 heteroatoms. The summed E-state index contributed by atoms with van der Waals surface area (Å²) in [6.45, 7) is 0. The standard InChI is InChI=1S/C20H20N2O3S/c23-26(24,22-19-9-3-5-15-6-4-14-21-20(15)19)18-12-10-17(11-13-18)25-16-7-1-2-8-16/h3-6,9-14,16,22H,1-2,7-8H2. The van der Waals surface area contributed by atoms with Gasteiger partial charge in [0.2, 0.25) is 0 Å². The number of para-hydroxylation sites is 1. The van der Waals surface area contributed by atoms with Crippen LogP contribution in [0.3, 0.4) is 0 Å². The van der Waals surface area contributed by atoms with Gasteiger partial charge in [0.1, 0.15) is 5.75 Å². The Labute approximate surface area is 153 Å². The molecule has 2 aromatic carbocycles. The first-order valence-electron chi connectivity index (χ1n) is 8.75. The Morgan fingerprint density at radius 2 is 1.69 bits per heavy atom. The van der Waals surface area contributed by atoms with Gasteiger partial charge in [0.15, 0.2) is 0 Å². The van der Waals surface area contributed by atoms with Crippen molar-refractivity contribution in [3.63, 3.8) is 0 Å². The molecule has 0 aliphatic heterocycles. The van der Waals surface area contributed by atoms with E-state index in [9.17, 15) is 8.42 Å². The Bertz CT molecular complexity index is 1010. The molecule has 0 unspecified atom stereocenters. The van der Waals surface area contributed by atoms with E-state index in [0.29, 0.717) is 17.0 Å². The van der Waals surface area contributed by atoms with Crippen molar-refractivity contribution in [2.75, 3.05) is 4.72 Å². The Morgan fingerprint density at radius 3 is 2.46 bits per heavy atom. The van der Waals surface area contributed by atoms with Crippen LogP contribution in [0, 0.1) is 0 Å². The van der Waals surface area contributed by atoms with Crippen LogP contribution >= 0.6 is 0 Å². The zero-order valence-corrected chi connectivity index (χ0v) is 15.1. The molecule has 1 N–H and O–H groups in total. The van der Waals surface area contributed by atoms with Gasteiger partial charge in [-0.05, 0) is 62.1 Å². The number of nitrogens with zero attached hydrogens (tertiary/aromatic N) is 1. The Morgan fingerprint density at radius 1 is 0.962 bits per heavy atom. The predicted octanol–water partition coefficient (Wildman–Crippen LogP) is 4.36. The van der Waals surface area contributed by atoms with Crippen molar-refractivity contribution in [3.05, 3.63) is 60.8 Å². The third-order valence-electron chi connectivity index (χ3n) is 4.62. The van der Waals surface area contributed by atoms with Gasteiger partial charge < -0.3 is 4.74 Å². The molecule has 1 saturated carbocycles. The third-order valence-corrected chi connectivity index (χ3v) is 6.00. The van der Waals surface area contributed by atoms with Crippen LogP contribution in [-0.2, 0) is 10.0 Å². The fourth-order valence-electron chi connectivity index (χ4n) is 3.29. The highest BCUT2D eigenvalue weighted by molar-refractivity contribution is 7.92. The fraction of sp³-hybridized carbons (Fsp3) is 0.250. The molecule has 3 aromatic rings. The molecule has 0 saturated heterocycles. The minimum absolute atomic E-state index is 0.198. The number of anilines is 1. The Hall–Kier alpha value is -2.60. The number of sulfonamides is 1. The summed E-state index contributed by atoms with van der Waals surface area (Å²) in [7, 11) is -3.69. The molecule has 0 amide bonds. The number of hydrogen-bond donors (Lipinski definition) is 1. The molecule has 0 spiro atoms. The van der Waals surface area contributed by atoms with E-state index in [2.05, 4.69) is 9.71 Å². The molecule has 4 rings (SSSR count). The normalized spacial score (nSPS) is 15.2. The summed E-state index contributed by atoms with van der Waals surface area (Å²) < 4.78 is 34.0. The summed E-state index contributed by atoms with van der Waals surface area (Å²) in [4.78, 5) is 4.48. The number of fused-ring (bicyclic) bond motifs is 1. The molecule has 0 radical (unpaired) electrons. The van der Waals surface area contributed by atoms with Crippen LogP contribution in [0.25, 0.3) is 10.9 Å². The van der Waals surface area contributed by atoms with Crippen molar-refractivity contribution in [3.8, 4) is 5.75 Å². The van der Waals surface area contributed by atoms with Gasteiger partial charge in [-0.25, -0.2) is 8.42 Å². The second-order valence-corrected chi connectivity index (χ2v) is 8.16. The van der Waals surface area contributed by atoms with E-state index in [1.807, 2.05) is 18.2 Å². The molecule has 26 heavy (non-hydrogen) atoms. The van der Waals surface area contributed by atoms with E-state index in [1.54, 1.807) is 42.6 Å². The maximum atomic E-state index is 12.7. The van der Waals surface area contributed by atoms with Gasteiger partial charge in [0, 0.05) is 11.6 Å². The lowest BCUT2D eigenvalue weighted by Gasteiger charge is -2.14. The van der Waals surface area contributed by atoms with Crippen LogP contribution in [0.15, 0.2) is 65.7 Å². The molecule has 1 aliphatic carbocycles. The lowest BCUT2D eigenvalue weighted by Crippen LogP contribution is -2.14. The van der Waals surface area contributed by atoms with Crippen LogP contribution in [-0.4, -0.2) is 19.5 Å². The number of nitrogens with one attached hydrogen (secondary N) is 1. The first-order valence-corrected chi connectivity index (χ1v) is 10.2. The first-order chi connectivity index (χ1) is 12.6. The van der Waals surface area contributed by atoms with E-state index >= 15 is 0 Å². The highest BCUT2D eigenvalue weighted by Crippen LogP contribution is 2.27. The van der Waals surface area contributed by atoms with Crippen LogP contribution in [0.4, 0.5) is 5.69 Å². The van der Waals surface area contributed by atoms with Gasteiger partial charge in [-0.2, -0.15) is 0 Å². The first kappa shape index (κ1) is 16.8. The minimum atomic E-state index is -3.69. The second kappa shape index (κ2) is 6.96. The summed E-state index contributed by atoms with van der Waals surface area (Å²) in [6, 6.07) is 15.7. The quantitative estimate of drug-likeness (QED) is 0.727. The molecular weight excluding hydrogens is 348 g/mol. The number of pyridine rings is 1. The maximum absolute atomic E-state index is 12.7. The summed E-state index contributed by atoms with van der Waals surface area (Å²) in [5.41, 5.74) is 1.09. The molecule has 134 valence electrons. The topological polar surface area (TPSA) is 68.3 Å². The fourth-order valence-corrected chi connectivity index (χ4v) is 4.35. The number of rotatable bonds is 5. The van der Waals surface area contributed by atoms with E-state index < -0.39 is 10.0 Å². The summed E-state index contributed by atoms with van der Waals surface area (Å²) >= 11 is 0. The van der Waals surface area contributed by atoms with Gasteiger partial charge in [0.05, 0.1) is 22.2 Å². The highest BCUT2D eigenvalue weighted by atomic mass is 32.2. The Balaban J connectivity index is 1.56. The number of ether oxygens (including phenoxy) is 1. The summed E-state index contributed by atoms with van der Waals surface area (Å²) in [5.74, 6) is 0.711. The van der Waals surface area contributed by atoms with E-state index in [-0.39, 0.29) is 11.0 Å². The van der Waals surface area contributed by atoms with Gasteiger partial charge in [-0.1, -0.05) is 18.2 Å². The number of aromatic nitrogens is 1. The predicted molar refractivity (Wildman–Crippen MR) is 102 cm³/mol. The number of benzene rings is 2. The van der Waals surface area contributed by atoms with Crippen molar-refractivity contribution in [1.82, 2.24) is 4.98 Å². The summed E-state index contributed by atoms with van der Waals surface area (Å²) in [5, 5.41) is 0.882. The molecule has 0 bridgehead atoms. The second-order valence-electron chi connectivity index (χ2n) is 6.48. The van der Waals surface area contributed by atoms with Crippen molar-refractivity contribution in [2.45, 2.75) is 36.7 Å². The SMILES string of the molecule is O=S(=O)(Nc1cccc2cccnc12)c1ccc(OC2CCCC2)cc1. The van der Waals surface area contributed by atoms with Crippen LogP contribution < -0.4 is 9.46 Å².